The second-order valence-corrected chi connectivity index (χ2v) is 7.84. The molecule has 0 aromatic heterocycles. The van der Waals surface area contributed by atoms with E-state index in [1.54, 1.807) is 12.0 Å². The lowest BCUT2D eigenvalue weighted by Crippen LogP contribution is -2.40. The van der Waals surface area contributed by atoms with Crippen molar-refractivity contribution in [3.05, 3.63) is 28.8 Å². The van der Waals surface area contributed by atoms with Gasteiger partial charge in [0.15, 0.2) is 0 Å². The Morgan fingerprint density at radius 1 is 1.29 bits per heavy atom. The Morgan fingerprint density at radius 2 is 1.90 bits per heavy atom. The number of rotatable bonds is 3. The van der Waals surface area contributed by atoms with Gasteiger partial charge in [0.25, 0.3) is 15.0 Å². The molecule has 1 heterocycles. The highest BCUT2D eigenvalue weighted by molar-refractivity contribution is 8.13. The molecule has 0 atom stereocenters. The van der Waals surface area contributed by atoms with Gasteiger partial charge in [-0.3, -0.25) is 4.79 Å². The number of amides is 1. The minimum atomic E-state index is -3.93. The van der Waals surface area contributed by atoms with E-state index in [1.165, 1.54) is 18.2 Å². The van der Waals surface area contributed by atoms with Crippen molar-refractivity contribution in [2.24, 2.45) is 0 Å². The third kappa shape index (κ3) is 4.10. The molecule has 0 radical (unpaired) electrons. The zero-order valence-electron chi connectivity index (χ0n) is 11.4. The summed E-state index contributed by atoms with van der Waals surface area (Å²) in [5, 5.41) is 0.159. The first-order valence-corrected chi connectivity index (χ1v) is 9.07. The number of methoxy groups -OCH3 is 1. The van der Waals surface area contributed by atoms with E-state index in [1.807, 2.05) is 0 Å². The molecule has 0 aliphatic carbocycles. The summed E-state index contributed by atoms with van der Waals surface area (Å²) in [7, 11) is 3.02. The first-order valence-electron chi connectivity index (χ1n) is 6.38. The Balaban J connectivity index is 2.22. The predicted octanol–water partition coefficient (Wildman–Crippen LogP) is 2.52. The monoisotopic (exact) mass is 351 g/mol. The van der Waals surface area contributed by atoms with Crippen molar-refractivity contribution in [3.8, 4) is 0 Å². The molecule has 1 fully saturated rings. The molecule has 1 saturated heterocycles. The van der Waals surface area contributed by atoms with Crippen LogP contribution in [0.2, 0.25) is 5.02 Å². The first-order chi connectivity index (χ1) is 9.81. The molecule has 0 bridgehead atoms. The zero-order chi connectivity index (χ0) is 15.6. The van der Waals surface area contributed by atoms with Crippen LogP contribution in [0.15, 0.2) is 23.1 Å². The van der Waals surface area contributed by atoms with Crippen molar-refractivity contribution in [2.75, 3.05) is 20.2 Å². The molecule has 1 aromatic carbocycles. The summed E-state index contributed by atoms with van der Waals surface area (Å²) in [5.74, 6) is -0.256. The summed E-state index contributed by atoms with van der Waals surface area (Å²) in [6, 6.07) is 3.91. The van der Waals surface area contributed by atoms with Gasteiger partial charge < -0.3 is 9.64 Å². The molecule has 1 amide bonds. The van der Waals surface area contributed by atoms with Crippen LogP contribution in [0.4, 0.5) is 0 Å². The van der Waals surface area contributed by atoms with Crippen molar-refractivity contribution >= 4 is 37.2 Å². The summed E-state index contributed by atoms with van der Waals surface area (Å²) in [6.45, 7) is 1.12. The number of ether oxygens (including phenoxy) is 1. The van der Waals surface area contributed by atoms with Crippen molar-refractivity contribution < 1.29 is 17.9 Å². The van der Waals surface area contributed by atoms with Crippen LogP contribution in [0.3, 0.4) is 0 Å². The maximum absolute atomic E-state index is 12.4. The van der Waals surface area contributed by atoms with Gasteiger partial charge in [0.05, 0.1) is 11.0 Å². The van der Waals surface area contributed by atoms with Crippen molar-refractivity contribution in [2.45, 2.75) is 23.8 Å². The highest BCUT2D eigenvalue weighted by Gasteiger charge is 2.24. The molecule has 0 saturated carbocycles. The van der Waals surface area contributed by atoms with E-state index in [0.29, 0.717) is 13.1 Å². The predicted molar refractivity (Wildman–Crippen MR) is 80.4 cm³/mol. The normalized spacial score (nSPS) is 17.0. The third-order valence-corrected chi connectivity index (χ3v) is 5.01. The molecular weight excluding hydrogens is 337 g/mol. The van der Waals surface area contributed by atoms with Crippen molar-refractivity contribution in [1.29, 1.82) is 0 Å². The van der Waals surface area contributed by atoms with Crippen LogP contribution < -0.4 is 0 Å². The van der Waals surface area contributed by atoms with E-state index in [2.05, 4.69) is 0 Å². The maximum atomic E-state index is 12.4. The molecule has 5 nitrogen and oxygen atoms in total. The van der Waals surface area contributed by atoms with Crippen LogP contribution in [0.1, 0.15) is 23.2 Å². The Hall–Kier alpha value is -0.820. The Bertz CT molecular complexity index is 640. The van der Waals surface area contributed by atoms with Gasteiger partial charge in [-0.2, -0.15) is 0 Å². The molecule has 2 rings (SSSR count). The molecule has 116 valence electrons. The second-order valence-electron chi connectivity index (χ2n) is 4.84. The molecule has 1 aliphatic rings. The molecule has 0 unspecified atom stereocenters. The number of hydrogen-bond acceptors (Lipinski definition) is 4. The van der Waals surface area contributed by atoms with E-state index >= 15 is 0 Å². The van der Waals surface area contributed by atoms with Gasteiger partial charge in [0.2, 0.25) is 0 Å². The van der Waals surface area contributed by atoms with E-state index < -0.39 is 9.05 Å². The number of likely N-dealkylation sites (tertiary alicyclic amines) is 1. The van der Waals surface area contributed by atoms with Gasteiger partial charge in [0.1, 0.15) is 0 Å². The molecule has 1 aliphatic heterocycles. The summed E-state index contributed by atoms with van der Waals surface area (Å²) >= 11 is 5.87. The number of halogens is 2. The maximum Gasteiger partial charge on any atom is 0.261 e. The summed E-state index contributed by atoms with van der Waals surface area (Å²) in [6.07, 6.45) is 1.67. The topological polar surface area (TPSA) is 63.7 Å². The highest BCUT2D eigenvalue weighted by atomic mass is 35.7. The fourth-order valence-corrected chi connectivity index (χ4v) is 3.41. The van der Waals surface area contributed by atoms with Gasteiger partial charge in [0, 0.05) is 41.5 Å². The van der Waals surface area contributed by atoms with Crippen molar-refractivity contribution in [1.82, 2.24) is 4.90 Å². The lowest BCUT2D eigenvalue weighted by Gasteiger charge is -2.31. The van der Waals surface area contributed by atoms with E-state index in [0.717, 1.165) is 12.8 Å². The quantitative estimate of drug-likeness (QED) is 0.785. The smallest absolute Gasteiger partial charge is 0.261 e. The van der Waals surface area contributed by atoms with Crippen LogP contribution in [0, 0.1) is 0 Å². The second kappa shape index (κ2) is 6.52. The first kappa shape index (κ1) is 16.5. The molecular formula is C13H15Cl2NO4S. The lowest BCUT2D eigenvalue weighted by atomic mass is 10.1. The number of carbonyl (C=O) groups excluding carboxylic acids is 1. The lowest BCUT2D eigenvalue weighted by molar-refractivity contribution is 0.0350. The van der Waals surface area contributed by atoms with Gasteiger partial charge >= 0.3 is 0 Å². The fourth-order valence-electron chi connectivity index (χ4n) is 2.30. The Labute approximate surface area is 133 Å². The van der Waals surface area contributed by atoms with Crippen LogP contribution >= 0.6 is 22.3 Å². The van der Waals surface area contributed by atoms with Crippen LogP contribution in [-0.2, 0) is 13.8 Å². The minimum Gasteiger partial charge on any atom is -0.381 e. The average Bonchev–Trinajstić information content (AvgIpc) is 2.45. The van der Waals surface area contributed by atoms with Crippen LogP contribution in [0.25, 0.3) is 0 Å². The van der Waals surface area contributed by atoms with E-state index in [-0.39, 0.29) is 27.5 Å². The Morgan fingerprint density at radius 3 is 2.43 bits per heavy atom. The molecule has 8 heteroatoms. The molecule has 1 aromatic rings. The Kier molecular flexibility index (Phi) is 5.14. The SMILES string of the molecule is COC1CCN(C(=O)c2cc(Cl)cc(S(=O)(=O)Cl)c2)CC1. The minimum absolute atomic E-state index is 0.159. The standard InChI is InChI=1S/C13H15Cl2NO4S/c1-20-11-2-4-16(5-3-11)13(17)9-6-10(14)8-12(7-9)21(15,18)19/h6-8,11H,2-5H2,1H3. The molecule has 0 spiro atoms. The van der Waals surface area contributed by atoms with E-state index in [4.69, 9.17) is 27.0 Å². The summed E-state index contributed by atoms with van der Waals surface area (Å²) < 4.78 is 28.0. The summed E-state index contributed by atoms with van der Waals surface area (Å²) in [4.78, 5) is 13.9. The summed E-state index contributed by atoms with van der Waals surface area (Å²) in [5.41, 5.74) is 0.220. The molecule has 0 N–H and O–H groups in total. The van der Waals surface area contributed by atoms with Crippen LogP contribution in [0.5, 0.6) is 0 Å². The fraction of sp³-hybridized carbons (Fsp3) is 0.462. The number of hydrogen-bond donors (Lipinski definition) is 0. The van der Waals surface area contributed by atoms with Gasteiger partial charge in [-0.05, 0) is 31.0 Å². The number of carbonyl (C=O) groups is 1. The zero-order valence-corrected chi connectivity index (χ0v) is 13.7. The van der Waals surface area contributed by atoms with E-state index in [9.17, 15) is 13.2 Å². The number of nitrogens with zero attached hydrogens (tertiary/aromatic N) is 1. The van der Waals surface area contributed by atoms with Crippen LogP contribution in [-0.4, -0.2) is 45.5 Å². The van der Waals surface area contributed by atoms with Gasteiger partial charge in [-0.15, -0.1) is 0 Å². The average molecular weight is 352 g/mol. The van der Waals surface area contributed by atoms with Gasteiger partial charge in [-0.25, -0.2) is 8.42 Å². The number of piperidine rings is 1. The van der Waals surface area contributed by atoms with Crippen molar-refractivity contribution in [3.63, 3.8) is 0 Å². The third-order valence-electron chi connectivity index (χ3n) is 3.46. The largest absolute Gasteiger partial charge is 0.381 e. The highest BCUT2D eigenvalue weighted by Crippen LogP contribution is 2.24. The van der Waals surface area contributed by atoms with Gasteiger partial charge in [-0.1, -0.05) is 11.6 Å². The molecule has 21 heavy (non-hydrogen) atoms. The number of benzene rings is 1.